The van der Waals surface area contributed by atoms with Gasteiger partial charge in [-0.15, -0.1) is 10.2 Å². The van der Waals surface area contributed by atoms with Gasteiger partial charge in [0, 0.05) is 57.8 Å². The SMILES string of the molecule is Fc1ccccc1-n1nc(-c2ccc(Cl)cc2)nc1CBr.Fc1ccccc1-n1nc(-c2ccc(Cl)cc2)nc1CN1CCC(c2ncccn2)CC1.c1cnc(C2CCNCC2)nc1. The number of hydrogen-bond donors (Lipinski definition) is 1. The first-order chi connectivity index (χ1) is 31.8. The van der Waals surface area contributed by atoms with Crippen LogP contribution in [0.5, 0.6) is 0 Å². The minimum Gasteiger partial charge on any atom is -0.317 e. The van der Waals surface area contributed by atoms with Crippen molar-refractivity contribution < 1.29 is 8.78 Å². The fourth-order valence-electron chi connectivity index (χ4n) is 7.63. The predicted molar refractivity (Wildman–Crippen MR) is 252 cm³/mol. The van der Waals surface area contributed by atoms with Crippen LogP contribution in [0.15, 0.2) is 134 Å². The number of alkyl halides is 1. The summed E-state index contributed by atoms with van der Waals surface area (Å²) in [4.78, 5) is 28.9. The van der Waals surface area contributed by atoms with Crippen molar-refractivity contribution in [3.63, 3.8) is 0 Å². The lowest BCUT2D eigenvalue weighted by molar-refractivity contribution is 0.196. The van der Waals surface area contributed by atoms with Crippen molar-refractivity contribution in [3.8, 4) is 34.2 Å². The molecule has 2 fully saturated rings. The summed E-state index contributed by atoms with van der Waals surface area (Å²) in [5.74, 6) is 4.60. The number of piperidine rings is 2. The van der Waals surface area contributed by atoms with E-state index in [0.29, 0.717) is 68.4 Å². The zero-order valence-corrected chi connectivity index (χ0v) is 38.3. The zero-order chi connectivity index (χ0) is 45.0. The Morgan fingerprint density at radius 3 is 1.45 bits per heavy atom. The van der Waals surface area contributed by atoms with Crippen LogP contribution in [-0.2, 0) is 11.9 Å². The van der Waals surface area contributed by atoms with Crippen molar-refractivity contribution >= 4 is 39.1 Å². The molecule has 2 aliphatic heterocycles. The van der Waals surface area contributed by atoms with E-state index in [9.17, 15) is 8.78 Å². The molecule has 2 aliphatic rings. The van der Waals surface area contributed by atoms with Crippen LogP contribution >= 0.6 is 39.1 Å². The lowest BCUT2D eigenvalue weighted by Crippen LogP contribution is -2.33. The van der Waals surface area contributed by atoms with Crippen LogP contribution in [0.3, 0.4) is 0 Å². The Hall–Kier alpha value is -5.84. The Bertz CT molecular complexity index is 2730. The van der Waals surface area contributed by atoms with E-state index in [1.54, 1.807) is 77.7 Å². The molecule has 0 amide bonds. The quantitative estimate of drug-likeness (QED) is 0.140. The molecule has 4 aromatic heterocycles. The highest BCUT2D eigenvalue weighted by Crippen LogP contribution is 2.28. The molecule has 0 aliphatic carbocycles. The van der Waals surface area contributed by atoms with Gasteiger partial charge in [0.05, 0.1) is 11.9 Å². The van der Waals surface area contributed by atoms with Crippen molar-refractivity contribution in [1.29, 1.82) is 0 Å². The van der Waals surface area contributed by atoms with Gasteiger partial charge in [-0.3, -0.25) is 4.90 Å². The van der Waals surface area contributed by atoms with Gasteiger partial charge >= 0.3 is 0 Å². The minimum atomic E-state index is -0.341. The number of aromatic nitrogens is 10. The highest BCUT2D eigenvalue weighted by atomic mass is 79.9. The predicted octanol–water partition coefficient (Wildman–Crippen LogP) is 10.5. The molecule has 6 heterocycles. The number of nitrogens with one attached hydrogen (secondary N) is 1. The van der Waals surface area contributed by atoms with Crippen LogP contribution in [0.25, 0.3) is 34.2 Å². The Balaban J connectivity index is 0.000000149. The van der Waals surface area contributed by atoms with E-state index < -0.39 is 0 Å². The highest BCUT2D eigenvalue weighted by molar-refractivity contribution is 9.08. The molecule has 1 N–H and O–H groups in total. The first kappa shape index (κ1) is 45.7. The number of para-hydroxylation sites is 2. The highest BCUT2D eigenvalue weighted by Gasteiger charge is 2.25. The summed E-state index contributed by atoms with van der Waals surface area (Å²) in [6.45, 7) is 4.57. The van der Waals surface area contributed by atoms with E-state index in [1.165, 1.54) is 29.7 Å². The number of hydrogen-bond acceptors (Lipinski definition) is 10. The topological polar surface area (TPSA) is 128 Å². The van der Waals surface area contributed by atoms with Crippen LogP contribution in [0.4, 0.5) is 8.78 Å². The summed E-state index contributed by atoms with van der Waals surface area (Å²) in [6, 6.07) is 31.4. The van der Waals surface area contributed by atoms with Gasteiger partial charge in [0.1, 0.15) is 46.3 Å². The number of halogens is 5. The monoisotopic (exact) mass is 976 g/mol. The van der Waals surface area contributed by atoms with E-state index in [2.05, 4.69) is 61.3 Å². The van der Waals surface area contributed by atoms with Gasteiger partial charge in [0.15, 0.2) is 11.6 Å². The van der Waals surface area contributed by atoms with Crippen LogP contribution in [0.1, 0.15) is 60.8 Å². The van der Waals surface area contributed by atoms with Crippen LogP contribution in [-0.4, -0.2) is 80.5 Å². The van der Waals surface area contributed by atoms with E-state index in [-0.39, 0.29) is 11.6 Å². The molecule has 0 bridgehead atoms. The van der Waals surface area contributed by atoms with E-state index in [4.69, 9.17) is 28.2 Å². The molecule has 4 aromatic carbocycles. The molecule has 0 atom stereocenters. The van der Waals surface area contributed by atoms with Crippen LogP contribution in [0.2, 0.25) is 10.0 Å². The second-order valence-electron chi connectivity index (χ2n) is 15.4. The summed E-state index contributed by atoms with van der Waals surface area (Å²) in [7, 11) is 0. The van der Waals surface area contributed by atoms with E-state index in [0.717, 1.165) is 61.8 Å². The lowest BCUT2D eigenvalue weighted by atomic mass is 9.96. The average Bonchev–Trinajstić information content (AvgIpc) is 3.99. The van der Waals surface area contributed by atoms with Crippen molar-refractivity contribution in [2.24, 2.45) is 0 Å². The molecule has 0 unspecified atom stereocenters. The first-order valence-corrected chi connectivity index (χ1v) is 23.2. The second-order valence-corrected chi connectivity index (χ2v) is 16.8. The Morgan fingerprint density at radius 1 is 0.554 bits per heavy atom. The standard InChI is InChI=1S/C24H22ClFN6.C15H10BrClFN3.C9H13N3/c25-19-8-6-17(7-9-19)24-29-22(32(30-24)21-5-2-1-4-20(21)26)16-31-14-10-18(11-15-31)23-27-12-3-13-28-23;16-9-14-19-15(10-5-7-11(17)8-6-10)20-21(14)13-4-2-1-3-12(13)18;1-4-11-9(12-5-1)8-2-6-10-7-3-8/h1-9,12-13,18H,10-11,14-16H2;1-8H,9H2;1,4-5,8,10H,2-3,6-7H2. The Labute approximate surface area is 394 Å². The molecule has 332 valence electrons. The van der Waals surface area contributed by atoms with E-state index in [1.807, 2.05) is 48.8 Å². The van der Waals surface area contributed by atoms with Crippen molar-refractivity contribution in [2.75, 3.05) is 26.2 Å². The molecular weight excluding hydrogens is 933 g/mol. The second kappa shape index (κ2) is 22.4. The van der Waals surface area contributed by atoms with Crippen molar-refractivity contribution in [1.82, 2.24) is 59.7 Å². The third-order valence-electron chi connectivity index (χ3n) is 11.0. The van der Waals surface area contributed by atoms with Gasteiger partial charge in [-0.2, -0.15) is 0 Å². The Morgan fingerprint density at radius 2 is 0.985 bits per heavy atom. The van der Waals surface area contributed by atoms with Crippen LogP contribution in [0, 0.1) is 11.6 Å². The maximum atomic E-state index is 14.6. The number of benzene rings is 4. The fraction of sp³-hybridized carbons (Fsp3) is 0.250. The summed E-state index contributed by atoms with van der Waals surface area (Å²) < 4.78 is 31.7. The van der Waals surface area contributed by atoms with Gasteiger partial charge in [0.2, 0.25) is 0 Å². The van der Waals surface area contributed by atoms with Gasteiger partial charge in [0.25, 0.3) is 0 Å². The van der Waals surface area contributed by atoms with Gasteiger partial charge in [-0.1, -0.05) is 63.4 Å². The molecule has 0 radical (unpaired) electrons. The maximum Gasteiger partial charge on any atom is 0.181 e. The summed E-state index contributed by atoms with van der Waals surface area (Å²) >= 11 is 15.3. The van der Waals surface area contributed by atoms with Gasteiger partial charge < -0.3 is 5.32 Å². The molecule has 10 rings (SSSR count). The van der Waals surface area contributed by atoms with E-state index >= 15 is 0 Å². The molecule has 12 nitrogen and oxygen atoms in total. The molecule has 17 heteroatoms. The van der Waals surface area contributed by atoms with Crippen molar-refractivity contribution in [2.45, 2.75) is 49.4 Å². The molecule has 0 saturated carbocycles. The third kappa shape index (κ3) is 11.9. The fourth-order valence-corrected chi connectivity index (χ4v) is 8.24. The molecule has 8 aromatic rings. The Kier molecular flexibility index (Phi) is 15.7. The summed E-state index contributed by atoms with van der Waals surface area (Å²) in [5.41, 5.74) is 2.44. The zero-order valence-electron chi connectivity index (χ0n) is 35.2. The summed E-state index contributed by atoms with van der Waals surface area (Å²) in [6.07, 6.45) is 11.5. The largest absolute Gasteiger partial charge is 0.317 e. The minimum absolute atomic E-state index is 0.332. The average molecular weight is 979 g/mol. The molecule has 2 saturated heterocycles. The summed E-state index contributed by atoms with van der Waals surface area (Å²) in [5, 5.41) is 14.1. The van der Waals surface area contributed by atoms with Gasteiger partial charge in [-0.25, -0.2) is 48.0 Å². The van der Waals surface area contributed by atoms with Gasteiger partial charge in [-0.05, 0) is 137 Å². The maximum absolute atomic E-state index is 14.6. The first-order valence-electron chi connectivity index (χ1n) is 21.3. The normalized spacial score (nSPS) is 14.5. The number of rotatable bonds is 9. The van der Waals surface area contributed by atoms with Crippen LogP contribution < -0.4 is 5.32 Å². The number of likely N-dealkylation sites (tertiary alicyclic amines) is 1. The third-order valence-corrected chi connectivity index (χ3v) is 12.0. The molecule has 0 spiro atoms. The molecular formula is C48H45BrCl2F2N12. The molecule has 65 heavy (non-hydrogen) atoms. The smallest absolute Gasteiger partial charge is 0.181 e. The number of nitrogens with zero attached hydrogens (tertiary/aromatic N) is 11. The van der Waals surface area contributed by atoms with Crippen molar-refractivity contribution in [3.05, 3.63) is 179 Å². The lowest BCUT2D eigenvalue weighted by Gasteiger charge is -2.30.